The van der Waals surface area contributed by atoms with E-state index in [-0.39, 0.29) is 12.1 Å². The highest BCUT2D eigenvalue weighted by atomic mass is 16.5. The predicted octanol–water partition coefficient (Wildman–Crippen LogP) is 12.4. The van der Waals surface area contributed by atoms with Crippen LogP contribution in [0.1, 0.15) is 200 Å². The fourth-order valence-corrected chi connectivity index (χ4v) is 5.45. The minimum absolute atomic E-state index is 0.0181. The van der Waals surface area contributed by atoms with Crippen molar-refractivity contribution in [1.82, 2.24) is 0 Å². The molecule has 0 aliphatic carbocycles. The lowest BCUT2D eigenvalue weighted by molar-refractivity contribution is -0.150. The van der Waals surface area contributed by atoms with Gasteiger partial charge in [-0.1, -0.05) is 141 Å². The van der Waals surface area contributed by atoms with Crippen molar-refractivity contribution in [2.45, 2.75) is 206 Å². The van der Waals surface area contributed by atoms with Crippen LogP contribution in [0.3, 0.4) is 0 Å². The molecule has 0 fully saturated rings. The van der Waals surface area contributed by atoms with Gasteiger partial charge in [0.05, 0.1) is 0 Å². The molecule has 0 bridgehead atoms. The van der Waals surface area contributed by atoms with E-state index in [1.165, 1.54) is 116 Å². The van der Waals surface area contributed by atoms with E-state index in [1.807, 2.05) is 0 Å². The fourth-order valence-electron chi connectivity index (χ4n) is 5.45. The van der Waals surface area contributed by atoms with Crippen LogP contribution in [0, 0.1) is 0 Å². The number of carboxylic acid groups (broad SMARTS) is 1. The van der Waals surface area contributed by atoms with Gasteiger partial charge in [-0.25, -0.2) is 0 Å². The number of esters is 1. The molecule has 0 saturated heterocycles. The largest absolute Gasteiger partial charge is 0.481 e. The van der Waals surface area contributed by atoms with Crippen molar-refractivity contribution in [3.05, 3.63) is 24.3 Å². The molecule has 0 spiro atoms. The molecule has 0 aromatic carbocycles. The molecular weight excluding hydrogens is 520 g/mol. The first kappa shape index (κ1) is 40.4. The Balaban J connectivity index is 3.86. The SMILES string of the molecule is CCCCC/C=C\C/C=C\CCCCCCCC(=O)OC(CCCCCC)CCCCCCCCCCCCC(=O)O. The predicted molar refractivity (Wildman–Crippen MR) is 181 cm³/mol. The zero-order valence-corrected chi connectivity index (χ0v) is 28.1. The molecule has 4 nitrogen and oxygen atoms in total. The summed E-state index contributed by atoms with van der Waals surface area (Å²) in [4.78, 5) is 23.1. The molecule has 4 heteroatoms. The van der Waals surface area contributed by atoms with E-state index in [0.29, 0.717) is 12.8 Å². The third kappa shape index (κ3) is 32.9. The molecule has 1 atom stereocenters. The molecule has 246 valence electrons. The van der Waals surface area contributed by atoms with Crippen LogP contribution in [0.15, 0.2) is 24.3 Å². The van der Waals surface area contributed by atoms with Gasteiger partial charge in [-0.05, 0) is 70.6 Å². The van der Waals surface area contributed by atoms with Gasteiger partial charge in [-0.15, -0.1) is 0 Å². The zero-order chi connectivity index (χ0) is 30.8. The number of rotatable bonds is 33. The summed E-state index contributed by atoms with van der Waals surface area (Å²) in [5.74, 6) is -0.658. The summed E-state index contributed by atoms with van der Waals surface area (Å²) in [6.45, 7) is 4.49. The Labute approximate surface area is 261 Å². The van der Waals surface area contributed by atoms with Crippen molar-refractivity contribution in [1.29, 1.82) is 0 Å². The second kappa shape index (κ2) is 33.9. The summed E-state index contributed by atoms with van der Waals surface area (Å²) in [5, 5.41) is 8.68. The van der Waals surface area contributed by atoms with Crippen LogP contribution in [0.4, 0.5) is 0 Å². The molecule has 0 rings (SSSR count). The van der Waals surface area contributed by atoms with Crippen LogP contribution in [0.5, 0.6) is 0 Å². The lowest BCUT2D eigenvalue weighted by Gasteiger charge is -2.18. The van der Waals surface area contributed by atoms with Crippen molar-refractivity contribution in [3.63, 3.8) is 0 Å². The number of carbonyl (C=O) groups is 2. The highest BCUT2D eigenvalue weighted by Gasteiger charge is 2.14. The Morgan fingerprint density at radius 3 is 1.45 bits per heavy atom. The highest BCUT2D eigenvalue weighted by Crippen LogP contribution is 2.18. The van der Waals surface area contributed by atoms with E-state index in [0.717, 1.165) is 57.8 Å². The molecular formula is C38H70O4. The molecule has 0 heterocycles. The van der Waals surface area contributed by atoms with E-state index >= 15 is 0 Å². The Bertz CT molecular complexity index is 639. The number of carboxylic acids is 1. The van der Waals surface area contributed by atoms with Gasteiger partial charge in [0.25, 0.3) is 0 Å². The van der Waals surface area contributed by atoms with Crippen LogP contribution < -0.4 is 0 Å². The minimum Gasteiger partial charge on any atom is -0.481 e. The summed E-state index contributed by atoms with van der Waals surface area (Å²) >= 11 is 0. The maximum Gasteiger partial charge on any atom is 0.306 e. The number of carbonyl (C=O) groups excluding carboxylic acids is 1. The van der Waals surface area contributed by atoms with Gasteiger partial charge in [0.15, 0.2) is 0 Å². The van der Waals surface area contributed by atoms with Gasteiger partial charge in [0.1, 0.15) is 6.10 Å². The summed E-state index contributed by atoms with van der Waals surface area (Å²) in [7, 11) is 0. The smallest absolute Gasteiger partial charge is 0.306 e. The first-order chi connectivity index (χ1) is 20.6. The fraction of sp³-hybridized carbons (Fsp3) is 0.842. The van der Waals surface area contributed by atoms with Crippen molar-refractivity contribution in [2.24, 2.45) is 0 Å². The van der Waals surface area contributed by atoms with Crippen LogP contribution in [-0.2, 0) is 14.3 Å². The van der Waals surface area contributed by atoms with Gasteiger partial charge in [-0.3, -0.25) is 9.59 Å². The molecule has 1 N–H and O–H groups in total. The number of hydrogen-bond acceptors (Lipinski definition) is 3. The number of hydrogen-bond donors (Lipinski definition) is 1. The van der Waals surface area contributed by atoms with Gasteiger partial charge in [0, 0.05) is 12.8 Å². The molecule has 0 amide bonds. The van der Waals surface area contributed by atoms with Gasteiger partial charge >= 0.3 is 11.9 Å². The zero-order valence-electron chi connectivity index (χ0n) is 28.1. The normalized spacial score (nSPS) is 12.4. The molecule has 0 aromatic rings. The summed E-state index contributed by atoms with van der Waals surface area (Å²) < 4.78 is 5.97. The number of aliphatic carboxylic acids is 1. The van der Waals surface area contributed by atoms with Gasteiger partial charge in [-0.2, -0.15) is 0 Å². The minimum atomic E-state index is -0.676. The van der Waals surface area contributed by atoms with E-state index < -0.39 is 5.97 Å². The Kier molecular flexibility index (Phi) is 32.6. The summed E-state index contributed by atoms with van der Waals surface area (Å²) in [6, 6.07) is 0. The van der Waals surface area contributed by atoms with E-state index in [2.05, 4.69) is 38.2 Å². The standard InChI is InChI=1S/C38H70O4/c1-3-5-7-9-10-11-12-13-14-15-16-21-24-27-31-35-38(41)42-36(32-28-8-6-4-2)33-29-25-22-19-17-18-20-23-26-30-34-37(39)40/h10-11,13-14,36H,3-9,12,15-35H2,1-2H3,(H,39,40)/b11-10-,14-13-. The van der Waals surface area contributed by atoms with E-state index in [4.69, 9.17) is 9.84 Å². The Morgan fingerprint density at radius 2 is 0.929 bits per heavy atom. The number of unbranched alkanes of at least 4 members (excludes halogenated alkanes) is 20. The molecule has 1 unspecified atom stereocenters. The van der Waals surface area contributed by atoms with Crippen LogP contribution in [-0.4, -0.2) is 23.1 Å². The molecule has 0 aliphatic rings. The molecule has 0 radical (unpaired) electrons. The molecule has 0 aromatic heterocycles. The first-order valence-electron chi connectivity index (χ1n) is 18.3. The van der Waals surface area contributed by atoms with Crippen LogP contribution >= 0.6 is 0 Å². The monoisotopic (exact) mass is 591 g/mol. The maximum absolute atomic E-state index is 12.5. The topological polar surface area (TPSA) is 63.6 Å². The van der Waals surface area contributed by atoms with E-state index in [9.17, 15) is 9.59 Å². The maximum atomic E-state index is 12.5. The average Bonchev–Trinajstić information content (AvgIpc) is 2.97. The highest BCUT2D eigenvalue weighted by molar-refractivity contribution is 5.69. The number of allylic oxidation sites excluding steroid dienone is 4. The second-order valence-corrected chi connectivity index (χ2v) is 12.4. The summed E-state index contributed by atoms with van der Waals surface area (Å²) in [5.41, 5.74) is 0. The van der Waals surface area contributed by atoms with Crippen LogP contribution in [0.2, 0.25) is 0 Å². The number of ether oxygens (including phenoxy) is 1. The van der Waals surface area contributed by atoms with Crippen molar-refractivity contribution in [2.75, 3.05) is 0 Å². The third-order valence-corrected chi connectivity index (χ3v) is 8.18. The lowest BCUT2D eigenvalue weighted by atomic mass is 10.0. The summed E-state index contributed by atoms with van der Waals surface area (Å²) in [6.07, 6.45) is 42.1. The van der Waals surface area contributed by atoms with Crippen LogP contribution in [0.25, 0.3) is 0 Å². The lowest BCUT2D eigenvalue weighted by Crippen LogP contribution is -2.18. The van der Waals surface area contributed by atoms with Crippen molar-refractivity contribution in [3.8, 4) is 0 Å². The molecule has 0 saturated carbocycles. The van der Waals surface area contributed by atoms with Crippen molar-refractivity contribution >= 4 is 11.9 Å². The van der Waals surface area contributed by atoms with Gasteiger partial charge < -0.3 is 9.84 Å². The third-order valence-electron chi connectivity index (χ3n) is 8.18. The average molecular weight is 591 g/mol. The van der Waals surface area contributed by atoms with Gasteiger partial charge in [0.2, 0.25) is 0 Å². The van der Waals surface area contributed by atoms with E-state index in [1.54, 1.807) is 0 Å². The Morgan fingerprint density at radius 1 is 0.524 bits per heavy atom. The molecule has 0 aliphatic heterocycles. The quantitative estimate of drug-likeness (QED) is 0.0469. The molecule has 42 heavy (non-hydrogen) atoms. The first-order valence-corrected chi connectivity index (χ1v) is 18.3. The van der Waals surface area contributed by atoms with Crippen molar-refractivity contribution < 1.29 is 19.4 Å². The second-order valence-electron chi connectivity index (χ2n) is 12.4. The Hall–Kier alpha value is -1.58.